The fourth-order valence-corrected chi connectivity index (χ4v) is 4.04. The number of sulfonamides is 1. The predicted octanol–water partition coefficient (Wildman–Crippen LogP) is 4.18. The molecule has 0 saturated carbocycles. The summed E-state index contributed by atoms with van der Waals surface area (Å²) < 4.78 is 34.2. The third kappa shape index (κ3) is 5.46. The van der Waals surface area contributed by atoms with Crippen molar-refractivity contribution in [1.29, 1.82) is 0 Å². The number of carbonyl (C=O) groups is 1. The molecule has 0 saturated heterocycles. The first-order chi connectivity index (χ1) is 12.8. The molecule has 0 atom stereocenters. The molecule has 0 bridgehead atoms. The number of halogens is 1. The number of anilines is 1. The zero-order valence-corrected chi connectivity index (χ0v) is 17.9. The number of nitrogens with one attached hydrogen (secondary N) is 2. The van der Waals surface area contributed by atoms with Crippen molar-refractivity contribution in [3.63, 3.8) is 0 Å². The molecular weight excluding hydrogens is 432 g/mol. The summed E-state index contributed by atoms with van der Waals surface area (Å²) in [4.78, 5) is 12.4. The summed E-state index contributed by atoms with van der Waals surface area (Å²) in [5.74, 6) is -0.148. The van der Waals surface area contributed by atoms with E-state index in [9.17, 15) is 13.2 Å². The van der Waals surface area contributed by atoms with Crippen LogP contribution in [0.1, 0.15) is 37.0 Å². The van der Waals surface area contributed by atoms with Gasteiger partial charge < -0.3 is 10.1 Å². The van der Waals surface area contributed by atoms with E-state index in [4.69, 9.17) is 4.74 Å². The van der Waals surface area contributed by atoms with E-state index in [-0.39, 0.29) is 28.2 Å². The molecule has 0 aromatic heterocycles. The second-order valence-electron chi connectivity index (χ2n) is 5.96. The average molecular weight is 455 g/mol. The van der Waals surface area contributed by atoms with Crippen LogP contribution in [0.15, 0.2) is 51.8 Å². The highest BCUT2D eigenvalue weighted by Crippen LogP contribution is 2.27. The van der Waals surface area contributed by atoms with E-state index in [2.05, 4.69) is 26.0 Å². The van der Waals surface area contributed by atoms with Gasteiger partial charge in [-0.2, -0.15) is 0 Å². The van der Waals surface area contributed by atoms with E-state index in [0.29, 0.717) is 5.69 Å². The lowest BCUT2D eigenvalue weighted by atomic mass is 10.1. The molecule has 0 aliphatic heterocycles. The van der Waals surface area contributed by atoms with Gasteiger partial charge in [-0.25, -0.2) is 8.42 Å². The zero-order valence-electron chi connectivity index (χ0n) is 15.5. The molecule has 0 heterocycles. The molecule has 0 fully saturated rings. The van der Waals surface area contributed by atoms with E-state index in [1.54, 1.807) is 30.3 Å². The Kier molecular flexibility index (Phi) is 7.26. The topological polar surface area (TPSA) is 84.5 Å². The first-order valence-corrected chi connectivity index (χ1v) is 10.9. The Hall–Kier alpha value is -2.06. The van der Waals surface area contributed by atoms with Crippen LogP contribution in [-0.4, -0.2) is 27.5 Å². The van der Waals surface area contributed by atoms with Crippen molar-refractivity contribution in [3.8, 4) is 5.75 Å². The van der Waals surface area contributed by atoms with E-state index < -0.39 is 10.0 Å². The molecule has 27 heavy (non-hydrogen) atoms. The second-order valence-corrected chi connectivity index (χ2v) is 8.53. The molecular formula is C19H23BrN2O4S. The normalized spacial score (nSPS) is 11.3. The molecule has 6 nitrogen and oxygen atoms in total. The van der Waals surface area contributed by atoms with Crippen molar-refractivity contribution in [3.05, 3.63) is 52.5 Å². The lowest BCUT2D eigenvalue weighted by Gasteiger charge is -2.16. The van der Waals surface area contributed by atoms with Crippen LogP contribution in [0, 0.1) is 0 Å². The van der Waals surface area contributed by atoms with Crippen molar-refractivity contribution < 1.29 is 17.9 Å². The van der Waals surface area contributed by atoms with Crippen LogP contribution < -0.4 is 14.8 Å². The number of benzene rings is 2. The number of methoxy groups -OCH3 is 1. The molecule has 0 aliphatic carbocycles. The van der Waals surface area contributed by atoms with Gasteiger partial charge in [-0.1, -0.05) is 29.8 Å². The van der Waals surface area contributed by atoms with Crippen LogP contribution in [-0.2, 0) is 10.0 Å². The lowest BCUT2D eigenvalue weighted by Crippen LogP contribution is -2.33. The molecule has 2 rings (SSSR count). The summed E-state index contributed by atoms with van der Waals surface area (Å²) in [6.07, 6.45) is 1.60. The standard InChI is InChI=1S/C19H23BrN2O4S/c1-4-15(5-2)21-19(23)13-6-11-17(26-3)18(12-13)27(24,25)22-16-9-7-14(20)8-10-16/h6-12,15,22H,4-5H2,1-3H3,(H,21,23). The van der Waals surface area contributed by atoms with Gasteiger partial charge in [0, 0.05) is 21.8 Å². The minimum absolute atomic E-state index is 0.0422. The van der Waals surface area contributed by atoms with Crippen molar-refractivity contribution in [2.45, 2.75) is 37.6 Å². The fraction of sp³-hybridized carbons (Fsp3) is 0.316. The van der Waals surface area contributed by atoms with Gasteiger partial charge in [0.25, 0.3) is 15.9 Å². The number of hydrogen-bond acceptors (Lipinski definition) is 4. The highest BCUT2D eigenvalue weighted by atomic mass is 79.9. The molecule has 0 aliphatic rings. The van der Waals surface area contributed by atoms with Gasteiger partial charge >= 0.3 is 0 Å². The van der Waals surface area contributed by atoms with E-state index in [1.807, 2.05) is 13.8 Å². The SMILES string of the molecule is CCC(CC)NC(=O)c1ccc(OC)c(S(=O)(=O)Nc2ccc(Br)cc2)c1. The number of ether oxygens (including phenoxy) is 1. The number of amides is 1. The summed E-state index contributed by atoms with van der Waals surface area (Å²) in [7, 11) is -2.55. The minimum atomic E-state index is -3.93. The molecule has 2 N–H and O–H groups in total. The fourth-order valence-electron chi connectivity index (χ4n) is 2.52. The van der Waals surface area contributed by atoms with Crippen LogP contribution in [0.25, 0.3) is 0 Å². The van der Waals surface area contributed by atoms with Gasteiger partial charge in [-0.15, -0.1) is 0 Å². The smallest absolute Gasteiger partial charge is 0.265 e. The zero-order chi connectivity index (χ0) is 20.0. The van der Waals surface area contributed by atoms with Crippen molar-refractivity contribution in [2.24, 2.45) is 0 Å². The van der Waals surface area contributed by atoms with Crippen LogP contribution in [0.3, 0.4) is 0 Å². The number of carbonyl (C=O) groups excluding carboxylic acids is 1. The third-order valence-corrected chi connectivity index (χ3v) is 6.06. The Labute approximate surface area is 168 Å². The highest BCUT2D eigenvalue weighted by molar-refractivity contribution is 9.10. The highest BCUT2D eigenvalue weighted by Gasteiger charge is 2.22. The van der Waals surface area contributed by atoms with Crippen molar-refractivity contribution in [1.82, 2.24) is 5.32 Å². The van der Waals surface area contributed by atoms with E-state index in [0.717, 1.165) is 17.3 Å². The van der Waals surface area contributed by atoms with E-state index >= 15 is 0 Å². The largest absolute Gasteiger partial charge is 0.495 e. The van der Waals surface area contributed by atoms with Gasteiger partial charge in [-0.3, -0.25) is 9.52 Å². The first kappa shape index (κ1) is 21.2. The van der Waals surface area contributed by atoms with Crippen LogP contribution in [0.4, 0.5) is 5.69 Å². The molecule has 0 unspecified atom stereocenters. The lowest BCUT2D eigenvalue weighted by molar-refractivity contribution is 0.0934. The summed E-state index contributed by atoms with van der Waals surface area (Å²) in [6, 6.07) is 11.1. The first-order valence-electron chi connectivity index (χ1n) is 8.58. The predicted molar refractivity (Wildman–Crippen MR) is 110 cm³/mol. The Morgan fingerprint density at radius 1 is 1.11 bits per heavy atom. The van der Waals surface area contributed by atoms with Gasteiger partial charge in [0.2, 0.25) is 0 Å². The molecule has 146 valence electrons. The molecule has 2 aromatic rings. The summed E-state index contributed by atoms with van der Waals surface area (Å²) in [6.45, 7) is 3.97. The third-order valence-electron chi connectivity index (χ3n) is 4.13. The summed E-state index contributed by atoms with van der Waals surface area (Å²) >= 11 is 3.31. The maximum absolute atomic E-state index is 12.8. The van der Waals surface area contributed by atoms with Crippen molar-refractivity contribution in [2.75, 3.05) is 11.8 Å². The maximum Gasteiger partial charge on any atom is 0.265 e. The molecule has 8 heteroatoms. The van der Waals surface area contributed by atoms with Crippen LogP contribution in [0.2, 0.25) is 0 Å². The quantitative estimate of drug-likeness (QED) is 0.626. The number of rotatable bonds is 8. The minimum Gasteiger partial charge on any atom is -0.495 e. The molecule has 0 spiro atoms. The second kappa shape index (κ2) is 9.23. The van der Waals surface area contributed by atoms with Gasteiger partial charge in [-0.05, 0) is 55.3 Å². The maximum atomic E-state index is 12.8. The Morgan fingerprint density at radius 3 is 2.30 bits per heavy atom. The number of hydrogen-bond donors (Lipinski definition) is 2. The Bertz CT molecular complexity index is 894. The van der Waals surface area contributed by atoms with Gasteiger partial charge in [0.15, 0.2) is 0 Å². The van der Waals surface area contributed by atoms with Gasteiger partial charge in [0.1, 0.15) is 10.6 Å². The Balaban J connectivity index is 2.36. The van der Waals surface area contributed by atoms with Crippen molar-refractivity contribution >= 4 is 37.5 Å². The summed E-state index contributed by atoms with van der Waals surface area (Å²) in [5, 5.41) is 2.90. The molecule has 2 aromatic carbocycles. The Morgan fingerprint density at radius 2 is 1.74 bits per heavy atom. The molecule has 1 amide bonds. The summed E-state index contributed by atoms with van der Waals surface area (Å²) in [5.41, 5.74) is 0.672. The van der Waals surface area contributed by atoms with Crippen LogP contribution >= 0.6 is 15.9 Å². The monoisotopic (exact) mass is 454 g/mol. The average Bonchev–Trinajstić information content (AvgIpc) is 2.67. The molecule has 0 radical (unpaired) electrons. The van der Waals surface area contributed by atoms with Gasteiger partial charge in [0.05, 0.1) is 7.11 Å². The van der Waals surface area contributed by atoms with E-state index in [1.165, 1.54) is 19.2 Å². The van der Waals surface area contributed by atoms with Crippen LogP contribution in [0.5, 0.6) is 5.75 Å².